The van der Waals surface area contributed by atoms with E-state index >= 15 is 0 Å². The molecule has 0 bridgehead atoms. The van der Waals surface area contributed by atoms with Crippen LogP contribution in [0.15, 0.2) is 60.3 Å². The first kappa shape index (κ1) is 19.3. The Kier molecular flexibility index (Phi) is 7.02. The molecule has 0 aromatic heterocycles. The molecule has 2 amide bonds. The fraction of sp³-hybridized carbons (Fsp3) is 0.300. The molecule has 0 atom stereocenters. The van der Waals surface area contributed by atoms with Crippen molar-refractivity contribution in [2.45, 2.75) is 20.3 Å². The van der Waals surface area contributed by atoms with Gasteiger partial charge in [-0.25, -0.2) is 4.79 Å². The number of ether oxygens (including phenoxy) is 2. The lowest BCUT2D eigenvalue weighted by atomic mass is 10.1. The Hall–Kier alpha value is -3.02. The second-order valence-electron chi connectivity index (χ2n) is 6.00. The Morgan fingerprint density at radius 3 is 2.73 bits per heavy atom. The lowest BCUT2D eigenvalue weighted by Crippen LogP contribution is -2.41. The van der Waals surface area contributed by atoms with Gasteiger partial charge in [0.05, 0.1) is 0 Å². The van der Waals surface area contributed by atoms with Crippen LogP contribution < -0.4 is 20.1 Å². The van der Waals surface area contributed by atoms with Crippen LogP contribution >= 0.6 is 0 Å². The number of carbonyl (C=O) groups excluding carboxylic acids is 1. The summed E-state index contributed by atoms with van der Waals surface area (Å²) in [5, 5.41) is 5.50. The fourth-order valence-corrected chi connectivity index (χ4v) is 2.33. The summed E-state index contributed by atoms with van der Waals surface area (Å²) in [5.41, 5.74) is 1.68. The number of amides is 2. The van der Waals surface area contributed by atoms with Crippen LogP contribution in [0.4, 0.5) is 4.79 Å². The van der Waals surface area contributed by atoms with Crippen LogP contribution in [0, 0.1) is 5.92 Å². The molecule has 0 unspecified atom stereocenters. The van der Waals surface area contributed by atoms with Crippen LogP contribution in [0.2, 0.25) is 0 Å². The van der Waals surface area contributed by atoms with Crippen LogP contribution in [0.5, 0.6) is 11.5 Å². The summed E-state index contributed by atoms with van der Waals surface area (Å²) in [6, 6.07) is 5.51. The van der Waals surface area contributed by atoms with E-state index in [4.69, 9.17) is 9.47 Å². The number of allylic oxidation sites excluding steroid dienone is 3. The highest BCUT2D eigenvalue weighted by molar-refractivity contribution is 5.99. The third-order valence-corrected chi connectivity index (χ3v) is 3.68. The van der Waals surface area contributed by atoms with Crippen molar-refractivity contribution in [2.24, 2.45) is 10.9 Å². The van der Waals surface area contributed by atoms with Gasteiger partial charge in [0.25, 0.3) is 0 Å². The summed E-state index contributed by atoms with van der Waals surface area (Å²) in [5.74, 6) is 2.25. The van der Waals surface area contributed by atoms with E-state index in [0.29, 0.717) is 18.1 Å². The molecular formula is C20H25N3O3. The van der Waals surface area contributed by atoms with Crippen molar-refractivity contribution < 1.29 is 14.3 Å². The van der Waals surface area contributed by atoms with E-state index in [0.717, 1.165) is 23.5 Å². The molecule has 2 rings (SSSR count). The molecule has 1 heterocycles. The number of rotatable bonds is 7. The van der Waals surface area contributed by atoms with Crippen LogP contribution in [0.3, 0.4) is 0 Å². The van der Waals surface area contributed by atoms with Crippen LogP contribution in [-0.2, 0) is 6.42 Å². The largest absolute Gasteiger partial charge is 0.454 e. The summed E-state index contributed by atoms with van der Waals surface area (Å²) >= 11 is 0. The monoisotopic (exact) mass is 355 g/mol. The summed E-state index contributed by atoms with van der Waals surface area (Å²) in [4.78, 5) is 16.6. The standard InChI is InChI=1S/C20H25N3O3/c1-5-7-16(6-2)22-20(24)23-19(14(3)4)21-11-10-15-8-9-17-18(12-15)26-13-25-17/h5-9,12,14H,1-2,10-11,13H2,3-4H3,(H2,21,22,23,24)/b16-7+. The highest BCUT2D eigenvalue weighted by Crippen LogP contribution is 2.32. The molecule has 6 heteroatoms. The van der Waals surface area contributed by atoms with Crippen molar-refractivity contribution in [3.8, 4) is 11.5 Å². The number of benzene rings is 1. The molecule has 1 aliphatic rings. The third kappa shape index (κ3) is 5.51. The number of fused-ring (bicyclic) bond motifs is 1. The molecular weight excluding hydrogens is 330 g/mol. The number of urea groups is 1. The smallest absolute Gasteiger partial charge is 0.324 e. The number of amidine groups is 1. The van der Waals surface area contributed by atoms with Gasteiger partial charge in [-0.05, 0) is 36.3 Å². The second kappa shape index (κ2) is 9.46. The minimum Gasteiger partial charge on any atom is -0.454 e. The van der Waals surface area contributed by atoms with Gasteiger partial charge < -0.3 is 14.8 Å². The van der Waals surface area contributed by atoms with Crippen LogP contribution in [-0.4, -0.2) is 25.2 Å². The van der Waals surface area contributed by atoms with E-state index in [1.165, 1.54) is 0 Å². The maximum absolute atomic E-state index is 12.1. The van der Waals surface area contributed by atoms with Gasteiger partial charge in [-0.1, -0.05) is 39.1 Å². The predicted molar refractivity (Wildman–Crippen MR) is 104 cm³/mol. The normalized spacial score (nSPS) is 13.5. The topological polar surface area (TPSA) is 72.0 Å². The van der Waals surface area contributed by atoms with Gasteiger partial charge in [0.15, 0.2) is 11.5 Å². The van der Waals surface area contributed by atoms with Crippen molar-refractivity contribution >= 4 is 11.9 Å². The zero-order chi connectivity index (χ0) is 18.9. The van der Waals surface area contributed by atoms with Crippen molar-refractivity contribution in [3.05, 3.63) is 60.8 Å². The van der Waals surface area contributed by atoms with Gasteiger partial charge in [-0.3, -0.25) is 10.3 Å². The van der Waals surface area contributed by atoms with E-state index in [1.54, 1.807) is 18.2 Å². The maximum Gasteiger partial charge on any atom is 0.324 e. The molecule has 1 aromatic carbocycles. The highest BCUT2D eigenvalue weighted by atomic mass is 16.7. The molecule has 26 heavy (non-hydrogen) atoms. The van der Waals surface area contributed by atoms with Gasteiger partial charge in [-0.15, -0.1) is 0 Å². The molecule has 0 saturated carbocycles. The first-order valence-electron chi connectivity index (χ1n) is 8.49. The van der Waals surface area contributed by atoms with E-state index in [-0.39, 0.29) is 18.7 Å². The van der Waals surface area contributed by atoms with Crippen molar-refractivity contribution in [2.75, 3.05) is 13.3 Å². The molecule has 6 nitrogen and oxygen atoms in total. The number of nitrogens with zero attached hydrogens (tertiary/aromatic N) is 1. The summed E-state index contributed by atoms with van der Waals surface area (Å²) in [6.45, 7) is 12.0. The average molecular weight is 355 g/mol. The quantitative estimate of drug-likeness (QED) is 0.446. The first-order chi connectivity index (χ1) is 12.5. The van der Waals surface area contributed by atoms with Crippen molar-refractivity contribution in [3.63, 3.8) is 0 Å². The number of hydrogen-bond donors (Lipinski definition) is 2. The van der Waals surface area contributed by atoms with Gasteiger partial charge in [-0.2, -0.15) is 0 Å². The Morgan fingerprint density at radius 2 is 2.04 bits per heavy atom. The number of carbonyl (C=O) groups is 1. The Labute approximate surface area is 154 Å². The Balaban J connectivity index is 1.94. The Morgan fingerprint density at radius 1 is 1.27 bits per heavy atom. The molecule has 0 aliphatic carbocycles. The fourth-order valence-electron chi connectivity index (χ4n) is 2.33. The minimum absolute atomic E-state index is 0.0908. The summed E-state index contributed by atoms with van der Waals surface area (Å²) in [7, 11) is 0. The maximum atomic E-state index is 12.1. The SMILES string of the molecule is C=C/C=C(\C=C)NC(=O)NC(=NCCc1ccc2c(c1)OCO2)C(C)C. The van der Waals surface area contributed by atoms with Gasteiger partial charge >= 0.3 is 6.03 Å². The van der Waals surface area contributed by atoms with Crippen molar-refractivity contribution in [1.29, 1.82) is 0 Å². The van der Waals surface area contributed by atoms with E-state index < -0.39 is 0 Å². The number of hydrogen-bond acceptors (Lipinski definition) is 4. The molecule has 2 N–H and O–H groups in total. The molecule has 0 fully saturated rings. The first-order valence-corrected chi connectivity index (χ1v) is 8.49. The lowest BCUT2D eigenvalue weighted by molar-refractivity contribution is 0.174. The molecule has 138 valence electrons. The average Bonchev–Trinajstić information content (AvgIpc) is 3.08. The lowest BCUT2D eigenvalue weighted by Gasteiger charge is -2.13. The second-order valence-corrected chi connectivity index (χ2v) is 6.00. The van der Waals surface area contributed by atoms with E-state index in [2.05, 4.69) is 28.8 Å². The van der Waals surface area contributed by atoms with Gasteiger partial charge in [0.2, 0.25) is 6.79 Å². The third-order valence-electron chi connectivity index (χ3n) is 3.68. The molecule has 0 saturated heterocycles. The zero-order valence-electron chi connectivity index (χ0n) is 15.2. The predicted octanol–water partition coefficient (Wildman–Crippen LogP) is 3.57. The molecule has 0 spiro atoms. The van der Waals surface area contributed by atoms with Crippen LogP contribution in [0.1, 0.15) is 19.4 Å². The zero-order valence-corrected chi connectivity index (χ0v) is 15.2. The molecule has 1 aromatic rings. The van der Waals surface area contributed by atoms with E-state index in [9.17, 15) is 4.79 Å². The Bertz CT molecular complexity index is 736. The number of nitrogens with one attached hydrogen (secondary N) is 2. The molecule has 0 radical (unpaired) electrons. The van der Waals surface area contributed by atoms with Crippen LogP contribution in [0.25, 0.3) is 0 Å². The van der Waals surface area contributed by atoms with Gasteiger partial charge in [0, 0.05) is 18.2 Å². The van der Waals surface area contributed by atoms with Crippen molar-refractivity contribution in [1.82, 2.24) is 10.6 Å². The summed E-state index contributed by atoms with van der Waals surface area (Å²) < 4.78 is 10.7. The summed E-state index contributed by atoms with van der Waals surface area (Å²) in [6.07, 6.45) is 5.54. The molecule has 1 aliphatic heterocycles. The minimum atomic E-state index is -0.353. The van der Waals surface area contributed by atoms with Gasteiger partial charge in [0.1, 0.15) is 5.84 Å². The number of aliphatic imine (C=N–C) groups is 1. The van der Waals surface area contributed by atoms with E-state index in [1.807, 2.05) is 32.0 Å². The highest BCUT2D eigenvalue weighted by Gasteiger charge is 2.13.